The van der Waals surface area contributed by atoms with Gasteiger partial charge in [0.15, 0.2) is 0 Å². The molecule has 228 valence electrons. The van der Waals surface area contributed by atoms with Crippen LogP contribution in [0.1, 0.15) is 57.8 Å². The molecule has 0 aromatic heterocycles. The summed E-state index contributed by atoms with van der Waals surface area (Å²) in [5.74, 6) is -0.595. The zero-order chi connectivity index (χ0) is 30.3. The second-order valence-electron chi connectivity index (χ2n) is 9.12. The third-order valence-electron chi connectivity index (χ3n) is 5.66. The predicted molar refractivity (Wildman–Crippen MR) is 161 cm³/mol. The Morgan fingerprint density at radius 1 is 0.675 bits per heavy atom. The molecule has 1 unspecified atom stereocenters. The van der Waals surface area contributed by atoms with Crippen LogP contribution in [0.25, 0.3) is 0 Å². The first-order chi connectivity index (χ1) is 19.3. The van der Waals surface area contributed by atoms with Gasteiger partial charge in [0, 0.05) is 26.3 Å². The first kappa shape index (κ1) is 39.1. The number of unbranched alkanes of at least 4 members (excludes halogenated alkanes) is 5. The number of carbonyl (C=O) groups is 4. The van der Waals surface area contributed by atoms with Crippen LogP contribution >= 0.6 is 0 Å². The molecule has 0 aromatic carbocycles. The van der Waals surface area contributed by atoms with Gasteiger partial charge in [-0.05, 0) is 76.4 Å². The largest absolute Gasteiger partial charge is 0.379 e. The van der Waals surface area contributed by atoms with E-state index >= 15 is 0 Å². The molecule has 0 rings (SSSR count). The average molecular weight is 565 g/mol. The molecule has 0 spiro atoms. The molecule has 10 heteroatoms. The molecule has 1 atom stereocenters. The lowest BCUT2D eigenvalue weighted by Crippen LogP contribution is -2.55. The molecule has 0 radical (unpaired) electrons. The molecular weight excluding hydrogens is 512 g/mol. The van der Waals surface area contributed by atoms with Gasteiger partial charge < -0.3 is 30.7 Å². The van der Waals surface area contributed by atoms with E-state index in [-0.39, 0.29) is 17.7 Å². The molecule has 0 heterocycles. The third-order valence-corrected chi connectivity index (χ3v) is 5.66. The van der Waals surface area contributed by atoms with Crippen molar-refractivity contribution >= 4 is 24.0 Å². The Balaban J connectivity index is 0. The smallest absolute Gasteiger partial charge is 0.243 e. The van der Waals surface area contributed by atoms with Gasteiger partial charge in [-0.25, -0.2) is 0 Å². The molecule has 0 aromatic rings. The van der Waals surface area contributed by atoms with Gasteiger partial charge in [0.25, 0.3) is 0 Å². The molecule has 0 bridgehead atoms. The molecule has 0 aliphatic carbocycles. The summed E-state index contributed by atoms with van der Waals surface area (Å²) in [6.45, 7) is 17.5. The van der Waals surface area contributed by atoms with Crippen LogP contribution in [-0.2, 0) is 28.7 Å². The van der Waals surface area contributed by atoms with Crippen LogP contribution in [0.2, 0.25) is 0 Å². The van der Waals surface area contributed by atoms with Crippen molar-refractivity contribution in [3.8, 4) is 0 Å². The Bertz CT molecular complexity index is 702. The SMILES string of the molecule is C=CC(=O)NCCCCCCC(COCCCCNC)(COCCCCNC(=O)C=C)NC(=O)C=C.C=CC=O. The lowest BCUT2D eigenvalue weighted by atomic mass is 9.93. The summed E-state index contributed by atoms with van der Waals surface area (Å²) in [4.78, 5) is 43.8. The number of allylic oxidation sites excluding steroid dienone is 1. The Hall–Kier alpha value is -3.08. The molecule has 40 heavy (non-hydrogen) atoms. The highest BCUT2D eigenvalue weighted by Gasteiger charge is 2.32. The molecule has 0 aliphatic heterocycles. The van der Waals surface area contributed by atoms with Crippen molar-refractivity contribution in [2.45, 2.75) is 63.3 Å². The van der Waals surface area contributed by atoms with Gasteiger partial charge in [0.2, 0.25) is 17.7 Å². The Labute approximate surface area is 241 Å². The van der Waals surface area contributed by atoms with Crippen molar-refractivity contribution in [3.63, 3.8) is 0 Å². The van der Waals surface area contributed by atoms with Gasteiger partial charge in [-0.15, -0.1) is 0 Å². The molecule has 0 aliphatic rings. The number of hydrogen-bond donors (Lipinski definition) is 4. The predicted octanol–water partition coefficient (Wildman–Crippen LogP) is 2.77. The Kier molecular flexibility index (Phi) is 28.2. The van der Waals surface area contributed by atoms with Crippen molar-refractivity contribution in [1.29, 1.82) is 0 Å². The van der Waals surface area contributed by atoms with Gasteiger partial charge in [-0.1, -0.05) is 45.6 Å². The van der Waals surface area contributed by atoms with Crippen molar-refractivity contribution in [1.82, 2.24) is 21.3 Å². The van der Waals surface area contributed by atoms with Gasteiger partial charge >= 0.3 is 0 Å². The van der Waals surface area contributed by atoms with Gasteiger partial charge in [0.1, 0.15) is 6.29 Å². The monoisotopic (exact) mass is 564 g/mol. The maximum atomic E-state index is 12.3. The molecule has 0 fully saturated rings. The maximum absolute atomic E-state index is 12.3. The minimum atomic E-state index is -0.650. The van der Waals surface area contributed by atoms with Crippen molar-refractivity contribution in [2.75, 3.05) is 53.1 Å². The lowest BCUT2D eigenvalue weighted by Gasteiger charge is -2.34. The first-order valence-corrected chi connectivity index (χ1v) is 14.0. The lowest BCUT2D eigenvalue weighted by molar-refractivity contribution is -0.121. The molecule has 0 saturated carbocycles. The number of carbonyl (C=O) groups excluding carboxylic acids is 4. The first-order valence-electron chi connectivity index (χ1n) is 14.0. The van der Waals surface area contributed by atoms with E-state index in [1.165, 1.54) is 24.3 Å². The van der Waals surface area contributed by atoms with E-state index in [9.17, 15) is 14.4 Å². The molecule has 4 N–H and O–H groups in total. The fourth-order valence-electron chi connectivity index (χ4n) is 3.51. The van der Waals surface area contributed by atoms with E-state index in [1.807, 2.05) is 7.05 Å². The highest BCUT2D eigenvalue weighted by Crippen LogP contribution is 2.19. The minimum absolute atomic E-state index is 0.159. The number of aldehydes is 1. The van der Waals surface area contributed by atoms with Gasteiger partial charge in [-0.2, -0.15) is 0 Å². The zero-order valence-corrected chi connectivity index (χ0v) is 24.5. The molecule has 0 saturated heterocycles. The third kappa shape index (κ3) is 25.2. The highest BCUT2D eigenvalue weighted by molar-refractivity contribution is 5.87. The highest BCUT2D eigenvalue weighted by atomic mass is 16.5. The maximum Gasteiger partial charge on any atom is 0.243 e. The quantitative estimate of drug-likeness (QED) is 0.0721. The summed E-state index contributed by atoms with van der Waals surface area (Å²) in [5.41, 5.74) is -0.650. The summed E-state index contributed by atoms with van der Waals surface area (Å²) in [5, 5.41) is 11.7. The number of hydrogen-bond acceptors (Lipinski definition) is 7. The normalized spacial score (nSPS) is 11.5. The minimum Gasteiger partial charge on any atom is -0.379 e. The van der Waals surface area contributed by atoms with E-state index < -0.39 is 5.54 Å². The van der Waals surface area contributed by atoms with Crippen LogP contribution in [0.4, 0.5) is 0 Å². The molecule has 10 nitrogen and oxygen atoms in total. The Morgan fingerprint density at radius 3 is 1.57 bits per heavy atom. The second-order valence-corrected chi connectivity index (χ2v) is 9.12. The standard InChI is InChI=1S/C27H48N4O5.C3H4O/c1-5-24(32)29-18-11-9-8-10-16-27(31-26(34)7-3,22-35-20-14-12-17-28-4)23-36-21-15-13-19-30-25(33)6-2;1-2-3-4/h5-7,28H,1-3,8-23H2,4H3,(H,29,32)(H,30,33)(H,31,34);2-3H,1H2. The van der Waals surface area contributed by atoms with E-state index in [1.54, 1.807) is 0 Å². The fraction of sp³-hybridized carbons (Fsp3) is 0.600. The van der Waals surface area contributed by atoms with E-state index in [0.29, 0.717) is 52.2 Å². The molecular formula is C30H52N4O6. The number of ether oxygens (including phenoxy) is 2. The van der Waals surface area contributed by atoms with Crippen molar-refractivity contribution in [2.24, 2.45) is 0 Å². The van der Waals surface area contributed by atoms with Crippen LogP contribution in [0.3, 0.4) is 0 Å². The van der Waals surface area contributed by atoms with Gasteiger partial charge in [0.05, 0.1) is 18.8 Å². The summed E-state index contributed by atoms with van der Waals surface area (Å²) in [6, 6.07) is 0. The van der Waals surface area contributed by atoms with Crippen LogP contribution in [-0.4, -0.2) is 82.7 Å². The van der Waals surface area contributed by atoms with Crippen LogP contribution in [0.5, 0.6) is 0 Å². The average Bonchev–Trinajstić information content (AvgIpc) is 2.97. The van der Waals surface area contributed by atoms with E-state index in [4.69, 9.17) is 14.3 Å². The van der Waals surface area contributed by atoms with Crippen molar-refractivity contribution in [3.05, 3.63) is 50.6 Å². The van der Waals surface area contributed by atoms with Crippen molar-refractivity contribution < 1.29 is 28.7 Å². The number of amides is 3. The summed E-state index contributed by atoms with van der Waals surface area (Å²) in [6.07, 6.45) is 13.5. The van der Waals surface area contributed by atoms with Gasteiger partial charge in [-0.3, -0.25) is 19.2 Å². The van der Waals surface area contributed by atoms with Crippen LogP contribution in [0.15, 0.2) is 50.6 Å². The van der Waals surface area contributed by atoms with Crippen LogP contribution < -0.4 is 21.3 Å². The summed E-state index contributed by atoms with van der Waals surface area (Å²) in [7, 11) is 1.93. The van der Waals surface area contributed by atoms with E-state index in [0.717, 1.165) is 57.9 Å². The second kappa shape index (κ2) is 28.9. The zero-order valence-electron chi connectivity index (χ0n) is 24.5. The topological polar surface area (TPSA) is 135 Å². The summed E-state index contributed by atoms with van der Waals surface area (Å²) >= 11 is 0. The number of rotatable bonds is 26. The molecule has 3 amide bonds. The fourth-order valence-corrected chi connectivity index (χ4v) is 3.51. The van der Waals surface area contributed by atoms with Crippen LogP contribution in [0, 0.1) is 0 Å². The Morgan fingerprint density at radius 2 is 1.12 bits per heavy atom. The van der Waals surface area contributed by atoms with E-state index in [2.05, 4.69) is 47.6 Å². The number of nitrogens with one attached hydrogen (secondary N) is 4. The summed E-state index contributed by atoms with van der Waals surface area (Å²) < 4.78 is 12.0.